The summed E-state index contributed by atoms with van der Waals surface area (Å²) in [4.78, 5) is 23.9. The van der Waals surface area contributed by atoms with Crippen LogP contribution in [0, 0.1) is 58.2 Å². The number of ether oxygens (including phenoxy) is 2. The van der Waals surface area contributed by atoms with Gasteiger partial charge in [-0.05, 0) is 104 Å². The number of fused-ring (bicyclic) bond motifs is 5. The van der Waals surface area contributed by atoms with Gasteiger partial charge >= 0.3 is 11.9 Å². The third-order valence-electron chi connectivity index (χ3n) is 11.7. The minimum atomic E-state index is -0.197. The molecule has 4 saturated carbocycles. The first-order valence-electron chi connectivity index (χ1n) is 14.9. The average Bonchev–Trinajstić information content (AvgIpc) is 3.14. The molecule has 11 atom stereocenters. The van der Waals surface area contributed by atoms with Crippen LogP contribution in [-0.4, -0.2) is 24.1 Å². The van der Waals surface area contributed by atoms with E-state index in [1.807, 2.05) is 0 Å². The summed E-state index contributed by atoms with van der Waals surface area (Å²) in [5.41, 5.74) is 0.516. The van der Waals surface area contributed by atoms with Crippen molar-refractivity contribution in [3.63, 3.8) is 0 Å². The van der Waals surface area contributed by atoms with Gasteiger partial charge in [-0.25, -0.2) is 0 Å². The lowest BCUT2D eigenvalue weighted by atomic mass is 9.43. The van der Waals surface area contributed by atoms with Gasteiger partial charge in [0.2, 0.25) is 0 Å². The summed E-state index contributed by atoms with van der Waals surface area (Å²) >= 11 is 0. The second-order valence-corrected chi connectivity index (χ2v) is 14.0. The Kier molecular flexibility index (Phi) is 8.04. The molecular formula is C32H52O4. The van der Waals surface area contributed by atoms with E-state index >= 15 is 0 Å². The van der Waals surface area contributed by atoms with E-state index in [9.17, 15) is 9.59 Å². The highest BCUT2D eigenvalue weighted by Gasteiger charge is 2.63. The van der Waals surface area contributed by atoms with Gasteiger partial charge in [0, 0.05) is 19.8 Å². The highest BCUT2D eigenvalue weighted by atomic mass is 16.5. The molecule has 4 heteroatoms. The number of carbonyl (C=O) groups excluding carboxylic acids is 2. The fourth-order valence-corrected chi connectivity index (χ4v) is 9.53. The molecule has 0 unspecified atom stereocenters. The van der Waals surface area contributed by atoms with E-state index in [0.29, 0.717) is 40.9 Å². The second-order valence-electron chi connectivity index (χ2n) is 14.0. The van der Waals surface area contributed by atoms with E-state index in [2.05, 4.69) is 53.7 Å². The molecule has 0 heterocycles. The molecule has 0 saturated heterocycles. The van der Waals surface area contributed by atoms with E-state index in [4.69, 9.17) is 9.47 Å². The largest absolute Gasteiger partial charge is 0.463 e. The van der Waals surface area contributed by atoms with Crippen LogP contribution in [0.3, 0.4) is 0 Å². The third kappa shape index (κ3) is 5.04. The molecule has 0 aromatic carbocycles. The molecule has 0 aliphatic heterocycles. The fraction of sp³-hybridized carbons (Fsp3) is 0.875. The van der Waals surface area contributed by atoms with E-state index in [0.717, 1.165) is 31.6 Å². The second kappa shape index (κ2) is 10.4. The first kappa shape index (κ1) is 27.7. The highest BCUT2D eigenvalue weighted by molar-refractivity contribution is 5.66. The van der Waals surface area contributed by atoms with Crippen molar-refractivity contribution in [1.29, 1.82) is 0 Å². The van der Waals surface area contributed by atoms with E-state index in [1.54, 1.807) is 6.92 Å². The molecule has 4 aliphatic rings. The van der Waals surface area contributed by atoms with Crippen molar-refractivity contribution in [2.75, 3.05) is 0 Å². The zero-order valence-electron chi connectivity index (χ0n) is 24.2. The van der Waals surface area contributed by atoms with Crippen LogP contribution in [0.15, 0.2) is 12.2 Å². The Balaban J connectivity index is 1.57. The van der Waals surface area contributed by atoms with Gasteiger partial charge in [0.25, 0.3) is 0 Å². The number of carbonyl (C=O) groups is 2. The number of hydrogen-bond acceptors (Lipinski definition) is 4. The van der Waals surface area contributed by atoms with Gasteiger partial charge in [0.1, 0.15) is 12.2 Å². The molecule has 0 aromatic rings. The Hall–Kier alpha value is -1.32. The maximum Gasteiger partial charge on any atom is 0.302 e. The molecule has 0 radical (unpaired) electrons. The highest BCUT2D eigenvalue weighted by Crippen LogP contribution is 2.68. The number of hydrogen-bond donors (Lipinski definition) is 0. The summed E-state index contributed by atoms with van der Waals surface area (Å²) in [6.07, 6.45) is 13.9. The van der Waals surface area contributed by atoms with Gasteiger partial charge in [0.05, 0.1) is 0 Å². The SMILES string of the molecule is CC(=O)O[C@@H]1CC[C@]2(C)[C@H](C1)[C@H](OC(C)=O)C[C@@H]1[C@@H]3CC[C@H]([C@H](C)/C=C/[C@H](C)C(C)C)[C@]3(C)CC[C@@H]12. The van der Waals surface area contributed by atoms with Crippen molar-refractivity contribution in [3.8, 4) is 0 Å². The maximum absolute atomic E-state index is 12.2. The molecule has 0 N–H and O–H groups in total. The molecule has 4 fully saturated rings. The van der Waals surface area contributed by atoms with Crippen LogP contribution in [-0.2, 0) is 19.1 Å². The average molecular weight is 501 g/mol. The van der Waals surface area contributed by atoms with Crippen LogP contribution in [0.4, 0.5) is 0 Å². The van der Waals surface area contributed by atoms with Crippen LogP contribution in [0.1, 0.15) is 107 Å². The van der Waals surface area contributed by atoms with Crippen LogP contribution in [0.5, 0.6) is 0 Å². The van der Waals surface area contributed by atoms with Crippen molar-refractivity contribution in [3.05, 3.63) is 12.2 Å². The van der Waals surface area contributed by atoms with Crippen molar-refractivity contribution in [1.82, 2.24) is 0 Å². The Bertz CT molecular complexity index is 847. The predicted molar refractivity (Wildman–Crippen MR) is 144 cm³/mol. The number of esters is 2. The molecule has 36 heavy (non-hydrogen) atoms. The van der Waals surface area contributed by atoms with Gasteiger partial charge in [-0.1, -0.05) is 53.7 Å². The van der Waals surface area contributed by atoms with Crippen LogP contribution < -0.4 is 0 Å². The molecular weight excluding hydrogens is 448 g/mol. The molecule has 0 spiro atoms. The Labute approximate surface area is 220 Å². The Morgan fingerprint density at radius 1 is 0.778 bits per heavy atom. The quantitative estimate of drug-likeness (QED) is 0.278. The predicted octanol–water partition coefficient (Wildman–Crippen LogP) is 7.60. The van der Waals surface area contributed by atoms with Crippen LogP contribution in [0.2, 0.25) is 0 Å². The lowest BCUT2D eigenvalue weighted by Crippen LogP contribution is -2.59. The maximum atomic E-state index is 12.2. The molecule has 0 amide bonds. The number of rotatable bonds is 6. The summed E-state index contributed by atoms with van der Waals surface area (Å²) in [6, 6.07) is 0. The molecule has 0 bridgehead atoms. The summed E-state index contributed by atoms with van der Waals surface area (Å²) in [6.45, 7) is 17.5. The van der Waals surface area contributed by atoms with Crippen molar-refractivity contribution < 1.29 is 19.1 Å². The van der Waals surface area contributed by atoms with E-state index in [1.165, 1.54) is 32.6 Å². The van der Waals surface area contributed by atoms with Gasteiger partial charge in [-0.15, -0.1) is 0 Å². The van der Waals surface area contributed by atoms with Crippen molar-refractivity contribution in [2.24, 2.45) is 58.2 Å². The molecule has 4 aliphatic carbocycles. The normalized spacial score (nSPS) is 43.9. The minimum Gasteiger partial charge on any atom is -0.463 e. The minimum absolute atomic E-state index is 0.0410. The van der Waals surface area contributed by atoms with Crippen molar-refractivity contribution in [2.45, 2.75) is 119 Å². The number of allylic oxidation sites excluding steroid dienone is 2. The summed E-state index contributed by atoms with van der Waals surface area (Å²) in [5, 5.41) is 0. The Morgan fingerprint density at radius 2 is 1.42 bits per heavy atom. The zero-order valence-corrected chi connectivity index (χ0v) is 24.2. The summed E-state index contributed by atoms with van der Waals surface area (Å²) in [5.74, 6) is 4.56. The van der Waals surface area contributed by atoms with Gasteiger partial charge in [0.15, 0.2) is 0 Å². The summed E-state index contributed by atoms with van der Waals surface area (Å²) < 4.78 is 11.7. The molecule has 0 aromatic heterocycles. The van der Waals surface area contributed by atoms with Gasteiger partial charge < -0.3 is 9.47 Å². The monoisotopic (exact) mass is 500 g/mol. The lowest BCUT2D eigenvalue weighted by molar-refractivity contribution is -0.196. The first-order chi connectivity index (χ1) is 16.9. The third-order valence-corrected chi connectivity index (χ3v) is 11.7. The van der Waals surface area contributed by atoms with Gasteiger partial charge in [-0.3, -0.25) is 9.59 Å². The van der Waals surface area contributed by atoms with E-state index < -0.39 is 0 Å². The fourth-order valence-electron chi connectivity index (χ4n) is 9.53. The first-order valence-corrected chi connectivity index (χ1v) is 14.9. The van der Waals surface area contributed by atoms with Crippen LogP contribution in [0.25, 0.3) is 0 Å². The van der Waals surface area contributed by atoms with Crippen LogP contribution >= 0.6 is 0 Å². The topological polar surface area (TPSA) is 52.6 Å². The smallest absolute Gasteiger partial charge is 0.302 e. The van der Waals surface area contributed by atoms with Gasteiger partial charge in [-0.2, -0.15) is 0 Å². The molecule has 204 valence electrons. The molecule has 4 rings (SSSR count). The van der Waals surface area contributed by atoms with E-state index in [-0.39, 0.29) is 35.5 Å². The van der Waals surface area contributed by atoms with Crippen molar-refractivity contribution >= 4 is 11.9 Å². The Morgan fingerprint density at radius 3 is 2.06 bits per heavy atom. The zero-order chi connectivity index (χ0) is 26.4. The molecule has 4 nitrogen and oxygen atoms in total. The summed E-state index contributed by atoms with van der Waals surface area (Å²) in [7, 11) is 0. The lowest BCUT2D eigenvalue weighted by Gasteiger charge is -2.62. The standard InChI is InChI=1S/C32H52O4/c1-19(2)20(3)9-10-21(4)26-11-12-27-25-18-30(36-23(6)34)29-17-24(35-22(5)33)13-15-32(29,8)28(25)14-16-31(26,27)7/h9-10,19-21,24-30H,11-18H2,1-8H3/b10-9+/t20-,21+,24+,25+,26+,27-,28-,29+,30+,31-,32-/m0/s1.